The predicted molar refractivity (Wildman–Crippen MR) is 141 cm³/mol. The first-order valence-electron chi connectivity index (χ1n) is 12.2. The van der Waals surface area contributed by atoms with Gasteiger partial charge in [0.05, 0.1) is 16.5 Å². The zero-order valence-electron chi connectivity index (χ0n) is 20.5. The predicted octanol–water partition coefficient (Wildman–Crippen LogP) is 2.86. The third kappa shape index (κ3) is 5.23. The number of aliphatic hydroxyl groups is 1. The third-order valence-electron chi connectivity index (χ3n) is 7.20. The summed E-state index contributed by atoms with van der Waals surface area (Å²) in [7, 11) is -2.20. The van der Waals surface area contributed by atoms with Gasteiger partial charge in [-0.05, 0) is 60.4 Å². The SMILES string of the molecule is CN1C(=O)C=C2C=C(S(=O)(=O)Nc3ccc(C(=O)N4CCC(O)(Cc5ccccc5)CC4)cc3)C=CC21. The molecule has 37 heavy (non-hydrogen) atoms. The standard InChI is InChI=1S/C28H29N3O5S/c1-30-25-12-11-24(17-22(25)18-26(30)32)37(35,36)29-23-9-7-21(8-10-23)27(33)31-15-13-28(34,14-16-31)19-20-5-3-2-4-6-20/h2-12,17-18,25,29,34H,13-16,19H2,1H3. The minimum absolute atomic E-state index is 0.0644. The average molecular weight is 520 g/mol. The molecule has 1 atom stereocenters. The van der Waals surface area contributed by atoms with E-state index in [1.807, 2.05) is 30.3 Å². The minimum Gasteiger partial charge on any atom is -0.389 e. The first-order chi connectivity index (χ1) is 17.6. The Morgan fingerprint density at radius 1 is 1.05 bits per heavy atom. The lowest BCUT2D eigenvalue weighted by molar-refractivity contribution is -0.124. The molecular formula is C28H29N3O5S. The number of amides is 2. The van der Waals surface area contributed by atoms with Crippen molar-refractivity contribution in [3.05, 3.63) is 101 Å². The Balaban J connectivity index is 1.20. The van der Waals surface area contributed by atoms with Crippen LogP contribution in [0.25, 0.3) is 0 Å². The molecule has 1 saturated heterocycles. The second-order valence-corrected chi connectivity index (χ2v) is 11.5. The highest BCUT2D eigenvalue weighted by atomic mass is 32.2. The summed E-state index contributed by atoms with van der Waals surface area (Å²) in [5.41, 5.74) is 1.65. The topological polar surface area (TPSA) is 107 Å². The summed E-state index contributed by atoms with van der Waals surface area (Å²) in [6.07, 6.45) is 7.66. The zero-order chi connectivity index (χ0) is 26.2. The smallest absolute Gasteiger partial charge is 0.261 e. The minimum atomic E-state index is -3.87. The highest BCUT2D eigenvalue weighted by molar-refractivity contribution is 7.96. The van der Waals surface area contributed by atoms with Gasteiger partial charge in [0.2, 0.25) is 5.91 Å². The maximum atomic E-state index is 13.0. The van der Waals surface area contributed by atoms with Crippen molar-refractivity contribution in [3.8, 4) is 0 Å². The number of sulfonamides is 1. The van der Waals surface area contributed by atoms with Crippen molar-refractivity contribution in [1.82, 2.24) is 9.80 Å². The number of carbonyl (C=O) groups is 2. The molecular weight excluding hydrogens is 490 g/mol. The van der Waals surface area contributed by atoms with Crippen molar-refractivity contribution in [2.45, 2.75) is 30.9 Å². The molecule has 0 spiro atoms. The van der Waals surface area contributed by atoms with Crippen molar-refractivity contribution >= 4 is 27.5 Å². The number of allylic oxidation sites excluding steroid dienone is 1. The lowest BCUT2D eigenvalue weighted by Crippen LogP contribution is -2.47. The van der Waals surface area contributed by atoms with Gasteiger partial charge in [-0.25, -0.2) is 8.42 Å². The van der Waals surface area contributed by atoms with Crippen LogP contribution < -0.4 is 4.72 Å². The second kappa shape index (κ2) is 9.64. The molecule has 192 valence electrons. The van der Waals surface area contributed by atoms with Crippen LogP contribution in [0, 0.1) is 0 Å². The number of nitrogens with one attached hydrogen (secondary N) is 1. The van der Waals surface area contributed by atoms with E-state index >= 15 is 0 Å². The highest BCUT2D eigenvalue weighted by Crippen LogP contribution is 2.30. The first kappa shape index (κ1) is 25.0. The van der Waals surface area contributed by atoms with Crippen molar-refractivity contribution in [2.24, 2.45) is 0 Å². The Kier molecular flexibility index (Phi) is 6.51. The van der Waals surface area contributed by atoms with E-state index in [1.165, 1.54) is 18.2 Å². The largest absolute Gasteiger partial charge is 0.389 e. The molecule has 1 aliphatic carbocycles. The van der Waals surface area contributed by atoms with Crippen LogP contribution in [0.1, 0.15) is 28.8 Å². The Morgan fingerprint density at radius 3 is 2.41 bits per heavy atom. The van der Waals surface area contributed by atoms with E-state index in [1.54, 1.807) is 47.2 Å². The Morgan fingerprint density at radius 2 is 1.73 bits per heavy atom. The number of rotatable bonds is 6. The van der Waals surface area contributed by atoms with Crippen LogP contribution in [0.15, 0.2) is 89.4 Å². The van der Waals surface area contributed by atoms with E-state index in [0.717, 1.165) is 5.56 Å². The Labute approximate surface area is 216 Å². The summed E-state index contributed by atoms with van der Waals surface area (Å²) in [4.78, 5) is 28.2. The molecule has 2 heterocycles. The van der Waals surface area contributed by atoms with Gasteiger partial charge < -0.3 is 14.9 Å². The molecule has 0 aromatic heterocycles. The summed E-state index contributed by atoms with van der Waals surface area (Å²) in [6.45, 7) is 0.900. The molecule has 3 aliphatic rings. The van der Waals surface area contributed by atoms with E-state index in [0.29, 0.717) is 49.2 Å². The number of benzene rings is 2. The molecule has 1 fully saturated rings. The molecule has 0 bridgehead atoms. The number of hydrogen-bond donors (Lipinski definition) is 2. The summed E-state index contributed by atoms with van der Waals surface area (Å²) >= 11 is 0. The van der Waals surface area contributed by atoms with Gasteiger partial charge in [-0.2, -0.15) is 0 Å². The van der Waals surface area contributed by atoms with Gasteiger partial charge in [0.15, 0.2) is 0 Å². The van der Waals surface area contributed by atoms with E-state index in [-0.39, 0.29) is 22.8 Å². The third-order valence-corrected chi connectivity index (χ3v) is 8.58. The molecule has 2 aromatic carbocycles. The molecule has 8 nitrogen and oxygen atoms in total. The second-order valence-electron chi connectivity index (χ2n) is 9.81. The number of nitrogens with zero attached hydrogens (tertiary/aromatic N) is 2. The summed E-state index contributed by atoms with van der Waals surface area (Å²) < 4.78 is 28.4. The van der Waals surface area contributed by atoms with Gasteiger partial charge in [0.1, 0.15) is 0 Å². The highest BCUT2D eigenvalue weighted by Gasteiger charge is 2.34. The van der Waals surface area contributed by atoms with E-state index in [2.05, 4.69) is 4.72 Å². The Bertz CT molecular complexity index is 1400. The van der Waals surface area contributed by atoms with Gasteiger partial charge >= 0.3 is 0 Å². The van der Waals surface area contributed by atoms with Gasteiger partial charge in [-0.3, -0.25) is 14.3 Å². The van der Waals surface area contributed by atoms with Crippen molar-refractivity contribution in [3.63, 3.8) is 0 Å². The monoisotopic (exact) mass is 519 g/mol. The number of carbonyl (C=O) groups excluding carboxylic acids is 2. The van der Waals surface area contributed by atoms with E-state index in [9.17, 15) is 23.1 Å². The molecule has 1 unspecified atom stereocenters. The average Bonchev–Trinajstić information content (AvgIpc) is 3.17. The molecule has 2 aromatic rings. The maximum absolute atomic E-state index is 13.0. The molecule has 5 rings (SSSR count). The number of piperidine rings is 1. The molecule has 2 aliphatic heterocycles. The fourth-order valence-electron chi connectivity index (χ4n) is 4.98. The molecule has 9 heteroatoms. The number of hydrogen-bond acceptors (Lipinski definition) is 5. The van der Waals surface area contributed by atoms with Crippen molar-refractivity contribution in [2.75, 3.05) is 24.9 Å². The van der Waals surface area contributed by atoms with Gasteiger partial charge in [0, 0.05) is 43.9 Å². The van der Waals surface area contributed by atoms with Crippen LogP contribution >= 0.6 is 0 Å². The summed E-state index contributed by atoms with van der Waals surface area (Å²) in [5, 5.41) is 11.0. The molecule has 2 amide bonds. The van der Waals surface area contributed by atoms with Crippen LogP contribution in [-0.4, -0.2) is 66.9 Å². The maximum Gasteiger partial charge on any atom is 0.261 e. The number of likely N-dealkylation sites (tertiary alicyclic amines) is 1. The van der Waals surface area contributed by atoms with E-state index < -0.39 is 15.6 Å². The normalized spacial score (nSPS) is 20.8. The quantitative estimate of drug-likeness (QED) is 0.611. The number of fused-ring (bicyclic) bond motifs is 1. The first-order valence-corrected chi connectivity index (χ1v) is 13.7. The lowest BCUT2D eigenvalue weighted by atomic mass is 9.85. The van der Waals surface area contributed by atoms with Crippen molar-refractivity contribution in [1.29, 1.82) is 0 Å². The fraction of sp³-hybridized carbons (Fsp3) is 0.286. The van der Waals surface area contributed by atoms with Crippen LogP contribution in [0.2, 0.25) is 0 Å². The van der Waals surface area contributed by atoms with E-state index in [4.69, 9.17) is 0 Å². The number of anilines is 1. The van der Waals surface area contributed by atoms with Gasteiger partial charge in [0.25, 0.3) is 15.9 Å². The van der Waals surface area contributed by atoms with Gasteiger partial charge in [-0.15, -0.1) is 0 Å². The van der Waals surface area contributed by atoms with Crippen molar-refractivity contribution < 1.29 is 23.1 Å². The van der Waals surface area contributed by atoms with Crippen LogP contribution in [0.5, 0.6) is 0 Å². The Hall–Kier alpha value is -3.69. The van der Waals surface area contributed by atoms with Gasteiger partial charge in [-0.1, -0.05) is 36.4 Å². The molecule has 0 radical (unpaired) electrons. The fourth-order valence-corrected chi connectivity index (χ4v) is 6.09. The summed E-state index contributed by atoms with van der Waals surface area (Å²) in [6, 6.07) is 15.9. The number of likely N-dealkylation sites (N-methyl/N-ethyl adjacent to an activating group) is 1. The van der Waals surface area contributed by atoms with Crippen LogP contribution in [0.4, 0.5) is 5.69 Å². The van der Waals surface area contributed by atoms with Crippen LogP contribution in [-0.2, 0) is 21.2 Å². The molecule has 0 saturated carbocycles. The molecule has 2 N–H and O–H groups in total. The van der Waals surface area contributed by atoms with Crippen LogP contribution in [0.3, 0.4) is 0 Å². The zero-order valence-corrected chi connectivity index (χ0v) is 21.3. The summed E-state index contributed by atoms with van der Waals surface area (Å²) in [5.74, 6) is -0.315. The lowest BCUT2D eigenvalue weighted by Gasteiger charge is -2.38.